The molecule has 2 aromatic carbocycles. The van der Waals surface area contributed by atoms with Crippen molar-refractivity contribution in [3.05, 3.63) is 66.2 Å². The zero-order valence-corrected chi connectivity index (χ0v) is 19.4. The van der Waals surface area contributed by atoms with E-state index < -0.39 is 6.10 Å². The van der Waals surface area contributed by atoms with Crippen LogP contribution >= 0.6 is 0 Å². The molecule has 0 aliphatic carbocycles. The maximum atomic E-state index is 10.7. The Hall–Kier alpha value is -2.83. The van der Waals surface area contributed by atoms with Gasteiger partial charge in [-0.2, -0.15) is 0 Å². The zero-order chi connectivity index (χ0) is 22.8. The van der Waals surface area contributed by atoms with E-state index >= 15 is 0 Å². The van der Waals surface area contributed by atoms with Crippen molar-refractivity contribution < 1.29 is 14.4 Å². The molecule has 0 bridgehead atoms. The Balaban J connectivity index is 1.78. The van der Waals surface area contributed by atoms with Crippen LogP contribution in [-0.4, -0.2) is 54.1 Å². The molecule has 0 saturated carbocycles. The van der Waals surface area contributed by atoms with Gasteiger partial charge >= 0.3 is 0 Å². The van der Waals surface area contributed by atoms with Crippen molar-refractivity contribution in [3.63, 3.8) is 0 Å². The zero-order valence-electron chi connectivity index (χ0n) is 19.4. The Morgan fingerprint density at radius 2 is 1.62 bits per heavy atom. The van der Waals surface area contributed by atoms with Crippen LogP contribution in [0.15, 0.2) is 65.2 Å². The molecular formula is C26H35N3O3. The molecule has 172 valence electrons. The minimum Gasteiger partial charge on any atom is -0.491 e. The molecular weight excluding hydrogens is 402 g/mol. The first-order valence-electron chi connectivity index (χ1n) is 11.5. The van der Waals surface area contributed by atoms with Gasteiger partial charge in [0.05, 0.1) is 5.56 Å². The molecule has 3 aromatic rings. The number of ether oxygens (including phenoxy) is 1. The first-order valence-corrected chi connectivity index (χ1v) is 11.5. The fourth-order valence-electron chi connectivity index (χ4n) is 3.86. The minimum atomic E-state index is -0.598. The molecule has 0 unspecified atom stereocenters. The highest BCUT2D eigenvalue weighted by molar-refractivity contribution is 5.68. The highest BCUT2D eigenvalue weighted by atomic mass is 16.5. The molecule has 6 nitrogen and oxygen atoms in total. The molecule has 1 atom stereocenters. The van der Waals surface area contributed by atoms with Gasteiger partial charge in [0.1, 0.15) is 24.2 Å². The van der Waals surface area contributed by atoms with Crippen LogP contribution in [0, 0.1) is 0 Å². The molecule has 1 aromatic heterocycles. The normalized spacial score (nSPS) is 12.2. The Kier molecular flexibility index (Phi) is 9.13. The number of aliphatic hydroxyl groups excluding tert-OH is 1. The lowest BCUT2D eigenvalue weighted by Gasteiger charge is -2.26. The van der Waals surface area contributed by atoms with Crippen LogP contribution in [0.4, 0.5) is 5.88 Å². The quantitative estimate of drug-likeness (QED) is 0.413. The van der Waals surface area contributed by atoms with E-state index in [1.54, 1.807) is 0 Å². The molecule has 1 heterocycles. The average Bonchev–Trinajstić information content (AvgIpc) is 3.23. The third kappa shape index (κ3) is 6.34. The van der Waals surface area contributed by atoms with Crippen LogP contribution in [-0.2, 0) is 6.54 Å². The summed E-state index contributed by atoms with van der Waals surface area (Å²) in [5, 5.41) is 15.1. The highest BCUT2D eigenvalue weighted by Crippen LogP contribution is 2.32. The van der Waals surface area contributed by atoms with E-state index in [1.807, 2.05) is 48.5 Å². The van der Waals surface area contributed by atoms with Crippen molar-refractivity contribution in [3.8, 4) is 17.0 Å². The Morgan fingerprint density at radius 1 is 0.969 bits per heavy atom. The third-order valence-corrected chi connectivity index (χ3v) is 5.44. The maximum absolute atomic E-state index is 10.7. The monoisotopic (exact) mass is 437 g/mol. The second-order valence-electron chi connectivity index (χ2n) is 7.87. The Bertz CT molecular complexity index is 911. The van der Waals surface area contributed by atoms with Crippen LogP contribution in [0.5, 0.6) is 5.75 Å². The summed E-state index contributed by atoms with van der Waals surface area (Å²) in [6, 6.07) is 19.7. The molecule has 0 amide bonds. The third-order valence-electron chi connectivity index (χ3n) is 5.44. The average molecular weight is 438 g/mol. The summed E-state index contributed by atoms with van der Waals surface area (Å²) in [7, 11) is 0. The van der Waals surface area contributed by atoms with Crippen molar-refractivity contribution >= 4 is 5.88 Å². The van der Waals surface area contributed by atoms with E-state index in [1.165, 1.54) is 0 Å². The first kappa shape index (κ1) is 23.8. The van der Waals surface area contributed by atoms with Crippen LogP contribution in [0.25, 0.3) is 11.3 Å². The lowest BCUT2D eigenvalue weighted by atomic mass is 10.1. The number of aromatic nitrogens is 1. The summed E-state index contributed by atoms with van der Waals surface area (Å²) in [6.45, 7) is 10.3. The number of hydrogen-bond acceptors (Lipinski definition) is 6. The highest BCUT2D eigenvalue weighted by Gasteiger charge is 2.24. The number of anilines is 1. The standard InChI is InChI=1S/C26H35N3O3/c1-4-17-28(18-22(30)20-31-23-15-11-8-12-16-23)19-24-25(21-13-9-7-10-14-21)27-32-26(24)29(5-2)6-3/h7-16,22,30H,4-6,17-20H2,1-3H3/t22-/m0/s1. The van der Waals surface area contributed by atoms with Crippen LogP contribution in [0.2, 0.25) is 0 Å². The predicted molar refractivity (Wildman–Crippen MR) is 129 cm³/mol. The summed E-state index contributed by atoms with van der Waals surface area (Å²) >= 11 is 0. The smallest absolute Gasteiger partial charge is 0.232 e. The summed E-state index contributed by atoms with van der Waals surface area (Å²) in [4.78, 5) is 4.44. The van der Waals surface area contributed by atoms with Gasteiger partial charge in [0, 0.05) is 31.7 Å². The van der Waals surface area contributed by atoms with E-state index in [4.69, 9.17) is 9.26 Å². The van der Waals surface area contributed by atoms with Crippen LogP contribution in [0.1, 0.15) is 32.8 Å². The van der Waals surface area contributed by atoms with Crippen molar-refractivity contribution in [1.82, 2.24) is 10.1 Å². The topological polar surface area (TPSA) is 62.0 Å². The summed E-state index contributed by atoms with van der Waals surface area (Å²) < 4.78 is 11.6. The van der Waals surface area contributed by atoms with E-state index in [0.717, 1.165) is 54.5 Å². The van der Waals surface area contributed by atoms with Gasteiger partial charge in [0.15, 0.2) is 0 Å². The van der Waals surface area contributed by atoms with Crippen LogP contribution < -0.4 is 9.64 Å². The summed E-state index contributed by atoms with van der Waals surface area (Å²) in [5.74, 6) is 1.58. The van der Waals surface area contributed by atoms with Crippen molar-refractivity contribution in [2.45, 2.75) is 39.8 Å². The van der Waals surface area contributed by atoms with Gasteiger partial charge in [-0.05, 0) is 38.9 Å². The molecule has 0 aliphatic heterocycles. The molecule has 32 heavy (non-hydrogen) atoms. The Labute approximate surface area is 191 Å². The van der Waals surface area contributed by atoms with Gasteiger partial charge in [0.2, 0.25) is 5.88 Å². The van der Waals surface area contributed by atoms with Crippen molar-refractivity contribution in [2.24, 2.45) is 0 Å². The largest absolute Gasteiger partial charge is 0.491 e. The number of benzene rings is 2. The van der Waals surface area contributed by atoms with Gasteiger partial charge in [0.25, 0.3) is 0 Å². The maximum Gasteiger partial charge on any atom is 0.232 e. The van der Waals surface area contributed by atoms with Gasteiger partial charge in [-0.3, -0.25) is 4.90 Å². The number of hydrogen-bond donors (Lipinski definition) is 1. The fourth-order valence-corrected chi connectivity index (χ4v) is 3.86. The van der Waals surface area contributed by atoms with Crippen molar-refractivity contribution in [1.29, 1.82) is 0 Å². The lowest BCUT2D eigenvalue weighted by molar-refractivity contribution is 0.0656. The minimum absolute atomic E-state index is 0.252. The molecule has 0 saturated heterocycles. The van der Waals surface area contributed by atoms with Gasteiger partial charge in [-0.25, -0.2) is 0 Å². The molecule has 3 rings (SSSR count). The molecule has 1 N–H and O–H groups in total. The van der Waals surface area contributed by atoms with E-state index in [9.17, 15) is 5.11 Å². The fraction of sp³-hybridized carbons (Fsp3) is 0.423. The molecule has 6 heteroatoms. The van der Waals surface area contributed by atoms with Gasteiger partial charge in [-0.15, -0.1) is 0 Å². The second kappa shape index (κ2) is 12.3. The lowest BCUT2D eigenvalue weighted by Crippen LogP contribution is -2.36. The molecule has 0 fully saturated rings. The van der Waals surface area contributed by atoms with Crippen molar-refractivity contribution in [2.75, 3.05) is 37.7 Å². The Morgan fingerprint density at radius 3 is 2.25 bits per heavy atom. The molecule has 0 spiro atoms. The van der Waals surface area contributed by atoms with Gasteiger partial charge in [-0.1, -0.05) is 60.6 Å². The number of para-hydroxylation sites is 1. The number of aliphatic hydroxyl groups is 1. The molecule has 0 radical (unpaired) electrons. The predicted octanol–water partition coefficient (Wildman–Crippen LogP) is 4.84. The van der Waals surface area contributed by atoms with E-state index in [2.05, 4.69) is 47.9 Å². The van der Waals surface area contributed by atoms with Gasteiger partial charge < -0.3 is 19.3 Å². The molecule has 0 aliphatic rings. The van der Waals surface area contributed by atoms with Crippen LogP contribution in [0.3, 0.4) is 0 Å². The number of rotatable bonds is 13. The number of nitrogens with zero attached hydrogens (tertiary/aromatic N) is 3. The summed E-state index contributed by atoms with van der Waals surface area (Å²) in [6.07, 6.45) is 0.387. The SMILES string of the molecule is CCCN(Cc1c(-c2ccccc2)noc1N(CC)CC)C[C@H](O)COc1ccccc1. The first-order chi connectivity index (χ1) is 15.7. The van der Waals surface area contributed by atoms with E-state index in [0.29, 0.717) is 13.1 Å². The second-order valence-corrected chi connectivity index (χ2v) is 7.87. The van der Waals surface area contributed by atoms with E-state index in [-0.39, 0.29) is 6.61 Å². The summed E-state index contributed by atoms with van der Waals surface area (Å²) in [5.41, 5.74) is 2.96.